The molecule has 3 aromatic rings. The van der Waals surface area contributed by atoms with E-state index in [1.807, 2.05) is 61.5 Å². The first-order valence-corrected chi connectivity index (χ1v) is 12.9. The summed E-state index contributed by atoms with van der Waals surface area (Å²) in [6.45, 7) is 2.42. The fraction of sp³-hybridized carbons (Fsp3) is 0.0833. The van der Waals surface area contributed by atoms with E-state index in [4.69, 9.17) is 9.47 Å². The van der Waals surface area contributed by atoms with E-state index >= 15 is 0 Å². The number of carbonyl (C=O) groups is 1. The van der Waals surface area contributed by atoms with Gasteiger partial charge in [-0.1, -0.05) is 34.1 Å². The molecule has 0 aromatic heterocycles. The predicted octanol–water partition coefficient (Wildman–Crippen LogP) is 7.81. The molecule has 1 aliphatic heterocycles. The molecule has 4 rings (SSSR count). The van der Waals surface area contributed by atoms with Gasteiger partial charge in [-0.2, -0.15) is 0 Å². The molecule has 8 heteroatoms. The van der Waals surface area contributed by atoms with Gasteiger partial charge in [-0.05, 0) is 115 Å². The van der Waals surface area contributed by atoms with Crippen molar-refractivity contribution in [3.05, 3.63) is 99.5 Å². The maximum absolute atomic E-state index is 12.4. The molecule has 1 heterocycles. The van der Waals surface area contributed by atoms with Crippen LogP contribution in [0.3, 0.4) is 0 Å². The van der Waals surface area contributed by atoms with E-state index in [0.717, 1.165) is 39.2 Å². The molecule has 0 radical (unpaired) electrons. The molecule has 0 saturated heterocycles. The highest BCUT2D eigenvalue weighted by molar-refractivity contribution is 14.1. The zero-order valence-electron chi connectivity index (χ0n) is 16.7. The van der Waals surface area contributed by atoms with Crippen LogP contribution >= 0.6 is 70.4 Å². The van der Waals surface area contributed by atoms with Crippen LogP contribution in [0.5, 0.6) is 5.75 Å². The summed E-state index contributed by atoms with van der Waals surface area (Å²) in [6.07, 6.45) is 1.70. The first-order valence-electron chi connectivity index (χ1n) is 9.46. The van der Waals surface area contributed by atoms with Crippen molar-refractivity contribution in [2.24, 2.45) is 4.99 Å². The first-order chi connectivity index (χ1) is 15.3. The van der Waals surface area contributed by atoms with Crippen LogP contribution in [0.4, 0.5) is 0 Å². The van der Waals surface area contributed by atoms with Gasteiger partial charge in [0.2, 0.25) is 5.90 Å². The third-order valence-corrected chi connectivity index (χ3v) is 7.84. The highest BCUT2D eigenvalue weighted by Gasteiger charge is 2.24. The van der Waals surface area contributed by atoms with E-state index in [0.29, 0.717) is 18.3 Å². The lowest BCUT2D eigenvalue weighted by Gasteiger charge is -2.12. The Morgan fingerprint density at radius 3 is 2.44 bits per heavy atom. The quantitative estimate of drug-likeness (QED) is 0.153. The normalized spacial score (nSPS) is 14.5. The van der Waals surface area contributed by atoms with Crippen LogP contribution in [-0.4, -0.2) is 11.9 Å². The summed E-state index contributed by atoms with van der Waals surface area (Å²) in [5.74, 6) is 0.514. The Kier molecular flexibility index (Phi) is 7.54. The maximum atomic E-state index is 12.4. The number of nitrogens with zero attached hydrogens (tertiary/aromatic N) is 1. The van der Waals surface area contributed by atoms with Gasteiger partial charge in [0.05, 0.1) is 8.95 Å². The molecule has 0 spiro atoms. The van der Waals surface area contributed by atoms with Crippen molar-refractivity contribution in [1.82, 2.24) is 0 Å². The van der Waals surface area contributed by atoms with Gasteiger partial charge in [-0.15, -0.1) is 0 Å². The number of hydrogen-bond donors (Lipinski definition) is 0. The van der Waals surface area contributed by atoms with Crippen molar-refractivity contribution in [2.75, 3.05) is 0 Å². The van der Waals surface area contributed by atoms with Gasteiger partial charge in [0, 0.05) is 19.2 Å². The number of benzene rings is 3. The predicted molar refractivity (Wildman–Crippen MR) is 145 cm³/mol. The number of aryl methyl sites for hydroxylation is 1. The minimum atomic E-state index is -0.474. The highest BCUT2D eigenvalue weighted by Crippen LogP contribution is 2.36. The fourth-order valence-corrected chi connectivity index (χ4v) is 5.22. The monoisotopic (exact) mass is 729 g/mol. The van der Waals surface area contributed by atoms with Crippen molar-refractivity contribution < 1.29 is 14.3 Å². The molecular formula is C24H15Br3INO3. The maximum Gasteiger partial charge on any atom is 0.363 e. The third-order valence-electron chi connectivity index (χ3n) is 4.68. The van der Waals surface area contributed by atoms with Gasteiger partial charge in [0.1, 0.15) is 12.4 Å². The van der Waals surface area contributed by atoms with Crippen LogP contribution in [0.2, 0.25) is 0 Å². The van der Waals surface area contributed by atoms with Crippen LogP contribution in [0.1, 0.15) is 22.3 Å². The highest BCUT2D eigenvalue weighted by atomic mass is 127. The molecule has 3 aromatic carbocycles. The largest absolute Gasteiger partial charge is 0.486 e. The SMILES string of the molecule is Cc1cc(C2=N/C(=C\c3cc(Br)c(OCc4ccccc4Br)c(Br)c3)C(=O)O2)ccc1I. The van der Waals surface area contributed by atoms with Gasteiger partial charge in [-0.25, -0.2) is 9.79 Å². The summed E-state index contributed by atoms with van der Waals surface area (Å²) in [6, 6.07) is 17.5. The second-order valence-corrected chi connectivity index (χ2v) is 10.7. The molecule has 0 aliphatic carbocycles. The van der Waals surface area contributed by atoms with Crippen molar-refractivity contribution in [3.63, 3.8) is 0 Å². The van der Waals surface area contributed by atoms with E-state index in [9.17, 15) is 4.79 Å². The van der Waals surface area contributed by atoms with Gasteiger partial charge < -0.3 is 9.47 Å². The second-order valence-electron chi connectivity index (χ2n) is 6.99. The van der Waals surface area contributed by atoms with E-state index in [2.05, 4.69) is 75.4 Å². The van der Waals surface area contributed by atoms with Crippen LogP contribution in [0.25, 0.3) is 6.08 Å². The molecule has 0 fully saturated rings. The molecule has 0 saturated carbocycles. The summed E-state index contributed by atoms with van der Waals surface area (Å²) in [7, 11) is 0. The summed E-state index contributed by atoms with van der Waals surface area (Å²) in [4.78, 5) is 16.8. The molecule has 162 valence electrons. The molecule has 1 aliphatic rings. The smallest absolute Gasteiger partial charge is 0.363 e. The number of ether oxygens (including phenoxy) is 2. The Hall–Kier alpha value is -1.49. The minimum Gasteiger partial charge on any atom is -0.486 e. The number of cyclic esters (lactones) is 1. The van der Waals surface area contributed by atoms with Crippen molar-refractivity contribution in [2.45, 2.75) is 13.5 Å². The zero-order chi connectivity index (χ0) is 22.8. The zero-order valence-corrected chi connectivity index (χ0v) is 23.6. The molecule has 4 nitrogen and oxygen atoms in total. The topological polar surface area (TPSA) is 47.9 Å². The van der Waals surface area contributed by atoms with Crippen LogP contribution in [0.15, 0.2) is 78.7 Å². The van der Waals surface area contributed by atoms with Gasteiger partial charge in [0.15, 0.2) is 5.70 Å². The average molecular weight is 732 g/mol. The summed E-state index contributed by atoms with van der Waals surface area (Å²) >= 11 is 12.9. The summed E-state index contributed by atoms with van der Waals surface area (Å²) in [5.41, 5.74) is 3.95. The number of rotatable bonds is 5. The number of esters is 1. The molecular weight excluding hydrogens is 717 g/mol. The molecule has 0 bridgehead atoms. The lowest BCUT2D eigenvalue weighted by Crippen LogP contribution is -2.05. The Bertz CT molecular complexity index is 1260. The first kappa shape index (κ1) is 23.7. The number of hydrogen-bond acceptors (Lipinski definition) is 4. The van der Waals surface area contributed by atoms with Crippen LogP contribution in [0, 0.1) is 10.5 Å². The van der Waals surface area contributed by atoms with Gasteiger partial charge in [0.25, 0.3) is 0 Å². The van der Waals surface area contributed by atoms with E-state index in [1.165, 1.54) is 0 Å². The molecule has 0 amide bonds. The van der Waals surface area contributed by atoms with Crippen molar-refractivity contribution >= 4 is 88.3 Å². The number of halogens is 4. The van der Waals surface area contributed by atoms with Crippen LogP contribution in [-0.2, 0) is 16.1 Å². The lowest BCUT2D eigenvalue weighted by atomic mass is 10.1. The van der Waals surface area contributed by atoms with Crippen molar-refractivity contribution in [3.8, 4) is 5.75 Å². The van der Waals surface area contributed by atoms with Gasteiger partial charge >= 0.3 is 5.97 Å². The fourth-order valence-electron chi connectivity index (χ4n) is 3.03. The van der Waals surface area contributed by atoms with Crippen LogP contribution < -0.4 is 4.74 Å². The summed E-state index contributed by atoms with van der Waals surface area (Å²) < 4.78 is 15.1. The van der Waals surface area contributed by atoms with E-state index in [1.54, 1.807) is 6.08 Å². The molecule has 32 heavy (non-hydrogen) atoms. The van der Waals surface area contributed by atoms with Crippen molar-refractivity contribution in [1.29, 1.82) is 0 Å². The Morgan fingerprint density at radius 2 is 1.75 bits per heavy atom. The van der Waals surface area contributed by atoms with E-state index in [-0.39, 0.29) is 5.70 Å². The molecule has 0 unspecified atom stereocenters. The van der Waals surface area contributed by atoms with E-state index < -0.39 is 5.97 Å². The third kappa shape index (κ3) is 5.35. The Labute approximate surface area is 224 Å². The Morgan fingerprint density at radius 1 is 1.03 bits per heavy atom. The molecule has 0 atom stereocenters. The Balaban J connectivity index is 1.57. The average Bonchev–Trinajstić information content (AvgIpc) is 3.11. The summed E-state index contributed by atoms with van der Waals surface area (Å²) in [5, 5.41) is 0. The minimum absolute atomic E-state index is 0.247. The standard InChI is InChI=1S/C24H15Br3INO3/c1-13-8-15(6-7-20(13)28)23-29-21(24(30)32-23)11-14-9-18(26)22(19(27)10-14)31-12-16-4-2-3-5-17(16)25/h2-11H,12H2,1H3/b21-11-. The number of carbonyl (C=O) groups excluding carboxylic acids is 1. The number of aliphatic imine (C=N–C) groups is 1. The van der Waals surface area contributed by atoms with Gasteiger partial charge in [-0.3, -0.25) is 0 Å². The second kappa shape index (κ2) is 10.2. The lowest BCUT2D eigenvalue weighted by molar-refractivity contribution is -0.129. The molecule has 0 N–H and O–H groups in total.